The number of benzene rings is 1. The number of carbonyl (C=O) groups is 1. The summed E-state index contributed by atoms with van der Waals surface area (Å²) in [5.41, 5.74) is 1.06. The number of fused-ring (bicyclic) bond motifs is 1. The second-order valence-electron chi connectivity index (χ2n) is 2.43. The average molecular weight is 171 g/mol. The molecule has 0 aliphatic carbocycles. The van der Waals surface area contributed by atoms with Crippen molar-refractivity contribution in [2.24, 2.45) is 0 Å². The van der Waals surface area contributed by atoms with Crippen molar-refractivity contribution in [2.45, 2.75) is 0 Å². The molecule has 2 rings (SSSR count). The standard InChI is InChI=1S/C9H7N.CH3BO/c1-2-6-9-8(4-1)5-3-7-10-9;2-1-3/h1-7H;1H,2H2. The van der Waals surface area contributed by atoms with E-state index in [4.69, 9.17) is 4.79 Å². The first-order valence-corrected chi connectivity index (χ1v) is 4.08. The maximum absolute atomic E-state index is 8.81. The number of rotatable bonds is 0. The Kier molecular flexibility index (Phi) is 3.70. The SMILES string of the molecule is BC=O.c1ccc2ncccc2c1. The molecule has 0 saturated carbocycles. The van der Waals surface area contributed by atoms with E-state index in [2.05, 4.69) is 17.1 Å². The van der Waals surface area contributed by atoms with Gasteiger partial charge in [-0.15, -0.1) is 0 Å². The average Bonchev–Trinajstić information content (AvgIpc) is 2.19. The number of hydrogen-bond acceptors (Lipinski definition) is 2. The Morgan fingerprint density at radius 1 is 1.15 bits per heavy atom. The molecule has 0 saturated heterocycles. The van der Waals surface area contributed by atoms with Gasteiger partial charge in [-0.1, -0.05) is 24.3 Å². The van der Waals surface area contributed by atoms with Crippen LogP contribution in [-0.4, -0.2) is 19.0 Å². The molecule has 0 aliphatic heterocycles. The van der Waals surface area contributed by atoms with Crippen LogP contribution in [0, 0.1) is 0 Å². The summed E-state index contributed by atoms with van der Waals surface area (Å²) < 4.78 is 0. The van der Waals surface area contributed by atoms with Crippen LogP contribution in [0.1, 0.15) is 0 Å². The highest BCUT2D eigenvalue weighted by Crippen LogP contribution is 2.07. The third-order valence-corrected chi connectivity index (χ3v) is 1.51. The smallest absolute Gasteiger partial charge is 0.182 e. The molecule has 0 amide bonds. The first-order valence-electron chi connectivity index (χ1n) is 4.08. The Morgan fingerprint density at radius 2 is 1.77 bits per heavy atom. The van der Waals surface area contributed by atoms with Crippen molar-refractivity contribution in [2.75, 3.05) is 0 Å². The monoisotopic (exact) mass is 171 g/mol. The highest BCUT2D eigenvalue weighted by Gasteiger charge is 1.86. The van der Waals surface area contributed by atoms with E-state index in [9.17, 15) is 0 Å². The van der Waals surface area contributed by atoms with E-state index in [1.165, 1.54) is 13.2 Å². The molecule has 0 fully saturated rings. The van der Waals surface area contributed by atoms with Gasteiger partial charge in [-0.3, -0.25) is 4.98 Å². The summed E-state index contributed by atoms with van der Waals surface area (Å²) in [6, 6.07) is 12.1. The maximum Gasteiger partial charge on any atom is 0.182 e. The molecule has 0 atom stereocenters. The lowest BCUT2D eigenvalue weighted by atomic mass is 10.2. The molecular formula is C10H10BNO. The van der Waals surface area contributed by atoms with Crippen molar-refractivity contribution < 1.29 is 4.79 Å². The number of para-hydroxylation sites is 1. The molecule has 3 heteroatoms. The lowest BCUT2D eigenvalue weighted by Gasteiger charge is -1.91. The summed E-state index contributed by atoms with van der Waals surface area (Å²) in [6.45, 7) is 0. The number of nitrogens with zero attached hydrogens (tertiary/aromatic N) is 1. The van der Waals surface area contributed by atoms with Gasteiger partial charge in [0.2, 0.25) is 0 Å². The molecule has 0 N–H and O–H groups in total. The van der Waals surface area contributed by atoms with Crippen molar-refractivity contribution in [3.05, 3.63) is 42.6 Å². The van der Waals surface area contributed by atoms with E-state index >= 15 is 0 Å². The van der Waals surface area contributed by atoms with Crippen LogP contribution < -0.4 is 0 Å². The molecule has 0 bridgehead atoms. The number of pyridine rings is 1. The van der Waals surface area contributed by atoms with Crippen LogP contribution in [0.2, 0.25) is 0 Å². The minimum absolute atomic E-state index is 0.750. The number of hydrogen-bond donors (Lipinski definition) is 0. The van der Waals surface area contributed by atoms with Crippen molar-refractivity contribution in [1.82, 2.24) is 4.98 Å². The Morgan fingerprint density at radius 3 is 2.46 bits per heavy atom. The van der Waals surface area contributed by atoms with Gasteiger partial charge in [0.25, 0.3) is 0 Å². The molecule has 13 heavy (non-hydrogen) atoms. The molecule has 0 aliphatic rings. The van der Waals surface area contributed by atoms with Gasteiger partial charge in [-0.2, -0.15) is 0 Å². The van der Waals surface area contributed by atoms with E-state index in [1.54, 1.807) is 0 Å². The Hall–Kier alpha value is -1.64. The highest BCUT2D eigenvalue weighted by atomic mass is 16.1. The summed E-state index contributed by atoms with van der Waals surface area (Å²) >= 11 is 0. The van der Waals surface area contributed by atoms with Gasteiger partial charge in [0.05, 0.1) is 11.7 Å². The summed E-state index contributed by atoms with van der Waals surface area (Å²) in [4.78, 5) is 13.0. The van der Waals surface area contributed by atoms with Gasteiger partial charge in [-0.05, 0) is 12.1 Å². The molecule has 1 aromatic heterocycles. The van der Waals surface area contributed by atoms with Crippen molar-refractivity contribution in [1.29, 1.82) is 0 Å². The first-order chi connectivity index (χ1) is 6.38. The maximum atomic E-state index is 8.81. The second kappa shape index (κ2) is 5.09. The molecule has 1 heterocycles. The Bertz CT molecular complexity index is 324. The van der Waals surface area contributed by atoms with Crippen LogP contribution in [0.4, 0.5) is 0 Å². The predicted molar refractivity (Wildman–Crippen MR) is 57.0 cm³/mol. The van der Waals surface area contributed by atoms with E-state index in [0.29, 0.717) is 0 Å². The fourth-order valence-electron chi connectivity index (χ4n) is 1.02. The second-order valence-corrected chi connectivity index (χ2v) is 2.43. The van der Waals surface area contributed by atoms with Gasteiger partial charge in [0.1, 0.15) is 0 Å². The molecule has 2 nitrogen and oxygen atoms in total. The lowest BCUT2D eigenvalue weighted by Crippen LogP contribution is -1.73. The lowest BCUT2D eigenvalue weighted by molar-refractivity contribution is 0.569. The molecule has 64 valence electrons. The van der Waals surface area contributed by atoms with Crippen molar-refractivity contribution in [3.8, 4) is 0 Å². The summed E-state index contributed by atoms with van der Waals surface area (Å²) in [5.74, 6) is 0. The Balaban J connectivity index is 0.000000251. The zero-order valence-corrected chi connectivity index (χ0v) is 7.47. The minimum atomic E-state index is 0.750. The largest absolute Gasteiger partial charge is 0.316 e. The highest BCUT2D eigenvalue weighted by molar-refractivity contribution is 6.48. The van der Waals surface area contributed by atoms with Crippen LogP contribution in [0.25, 0.3) is 10.9 Å². The van der Waals surface area contributed by atoms with Gasteiger partial charge in [-0.25, -0.2) is 0 Å². The first kappa shape index (κ1) is 9.45. The molecule has 1 aromatic carbocycles. The van der Waals surface area contributed by atoms with Gasteiger partial charge < -0.3 is 4.79 Å². The molecular weight excluding hydrogens is 161 g/mol. The predicted octanol–water partition coefficient (Wildman–Crippen LogP) is 1.04. The molecule has 2 aromatic rings. The van der Waals surface area contributed by atoms with E-state index in [1.807, 2.05) is 30.5 Å². The number of carbonyl (C=O) groups excluding carboxylic acids is 1. The summed E-state index contributed by atoms with van der Waals surface area (Å²) in [7, 11) is 1.44. The van der Waals surface area contributed by atoms with E-state index in [-0.39, 0.29) is 0 Å². The minimum Gasteiger partial charge on any atom is -0.316 e. The quantitative estimate of drug-likeness (QED) is 0.437. The summed E-state index contributed by atoms with van der Waals surface area (Å²) in [6.07, 6.45) is 2.56. The third kappa shape index (κ3) is 2.71. The van der Waals surface area contributed by atoms with Gasteiger partial charge >= 0.3 is 0 Å². The van der Waals surface area contributed by atoms with Crippen LogP contribution in [0.5, 0.6) is 0 Å². The molecule has 0 unspecified atom stereocenters. The van der Waals surface area contributed by atoms with Crippen LogP contribution in [0.3, 0.4) is 0 Å². The molecule has 0 radical (unpaired) electrons. The zero-order chi connectivity index (χ0) is 9.52. The van der Waals surface area contributed by atoms with Crippen LogP contribution in [-0.2, 0) is 4.79 Å². The number of aromatic nitrogens is 1. The van der Waals surface area contributed by atoms with E-state index < -0.39 is 0 Å². The van der Waals surface area contributed by atoms with Gasteiger partial charge in [0.15, 0.2) is 7.85 Å². The fraction of sp³-hybridized carbons (Fsp3) is 0. The van der Waals surface area contributed by atoms with Crippen LogP contribution >= 0.6 is 0 Å². The van der Waals surface area contributed by atoms with E-state index in [0.717, 1.165) is 11.7 Å². The summed E-state index contributed by atoms with van der Waals surface area (Å²) in [5, 5.41) is 1.20. The van der Waals surface area contributed by atoms with Crippen molar-refractivity contribution in [3.63, 3.8) is 0 Å². The normalized spacial score (nSPS) is 8.62. The fourth-order valence-corrected chi connectivity index (χ4v) is 1.02. The molecule has 0 spiro atoms. The van der Waals surface area contributed by atoms with Crippen LogP contribution in [0.15, 0.2) is 42.6 Å². The van der Waals surface area contributed by atoms with Gasteiger partial charge in [0, 0.05) is 11.6 Å². The Labute approximate surface area is 78.0 Å². The topological polar surface area (TPSA) is 30.0 Å². The zero-order valence-electron chi connectivity index (χ0n) is 7.47. The van der Waals surface area contributed by atoms with Crippen molar-refractivity contribution >= 4 is 24.9 Å². The third-order valence-electron chi connectivity index (χ3n) is 1.51.